The van der Waals surface area contributed by atoms with Gasteiger partial charge in [0.2, 0.25) is 0 Å². The summed E-state index contributed by atoms with van der Waals surface area (Å²) in [4.78, 5) is 6.94. The lowest BCUT2D eigenvalue weighted by molar-refractivity contribution is 0.264. The molecule has 2 heterocycles. The summed E-state index contributed by atoms with van der Waals surface area (Å²) >= 11 is 0. The second-order valence-electron chi connectivity index (χ2n) is 6.19. The summed E-state index contributed by atoms with van der Waals surface area (Å²) in [7, 11) is 0. The third-order valence-corrected chi connectivity index (χ3v) is 3.96. The summed E-state index contributed by atoms with van der Waals surface area (Å²) < 4.78 is 0. The van der Waals surface area contributed by atoms with Crippen LogP contribution in [0.4, 0.5) is 5.69 Å². The molecule has 1 aromatic heterocycles. The number of rotatable bonds is 3. The van der Waals surface area contributed by atoms with Gasteiger partial charge in [-0.05, 0) is 49.9 Å². The number of nitrogens with two attached hydrogens (primary N) is 1. The predicted molar refractivity (Wildman–Crippen MR) is 76.4 cm³/mol. The van der Waals surface area contributed by atoms with Gasteiger partial charge >= 0.3 is 0 Å². The monoisotopic (exact) mass is 247 g/mol. The van der Waals surface area contributed by atoms with E-state index in [4.69, 9.17) is 5.73 Å². The zero-order valence-electron chi connectivity index (χ0n) is 11.7. The molecule has 3 heteroatoms. The number of hydrogen-bond donors (Lipinski definition) is 1. The maximum Gasteiger partial charge on any atom is 0.0501 e. The third kappa shape index (κ3) is 3.98. The van der Waals surface area contributed by atoms with Gasteiger partial charge in [0.05, 0.1) is 11.9 Å². The van der Waals surface area contributed by atoms with Crippen LogP contribution in [0.3, 0.4) is 0 Å². The lowest BCUT2D eigenvalue weighted by Gasteiger charge is -2.23. The number of nitrogens with zero attached hydrogens (tertiary/aromatic N) is 2. The van der Waals surface area contributed by atoms with E-state index in [1.165, 1.54) is 32.4 Å². The van der Waals surface area contributed by atoms with Crippen LogP contribution in [0.25, 0.3) is 0 Å². The molecular weight excluding hydrogens is 222 g/mol. The molecule has 0 aromatic carbocycles. The normalized spacial score (nSPS) is 20.6. The Kier molecular flexibility index (Phi) is 4.23. The van der Waals surface area contributed by atoms with Gasteiger partial charge in [-0.15, -0.1) is 0 Å². The van der Waals surface area contributed by atoms with Gasteiger partial charge in [0.1, 0.15) is 0 Å². The molecule has 0 aliphatic carbocycles. The van der Waals surface area contributed by atoms with E-state index in [1.807, 2.05) is 12.1 Å². The molecule has 0 amide bonds. The van der Waals surface area contributed by atoms with E-state index in [0.717, 1.165) is 24.3 Å². The van der Waals surface area contributed by atoms with Crippen molar-refractivity contribution in [2.75, 3.05) is 25.4 Å². The topological polar surface area (TPSA) is 42.1 Å². The molecule has 18 heavy (non-hydrogen) atoms. The quantitative estimate of drug-likeness (QED) is 0.893. The van der Waals surface area contributed by atoms with Gasteiger partial charge in [-0.1, -0.05) is 13.8 Å². The average molecular weight is 247 g/mol. The van der Waals surface area contributed by atoms with E-state index in [9.17, 15) is 0 Å². The third-order valence-electron chi connectivity index (χ3n) is 3.96. The molecular formula is C15H25N3. The molecule has 0 bridgehead atoms. The van der Waals surface area contributed by atoms with E-state index in [0.29, 0.717) is 5.41 Å². The number of likely N-dealkylation sites (tertiary alicyclic amines) is 1. The van der Waals surface area contributed by atoms with Crippen LogP contribution in [0, 0.1) is 5.41 Å². The first-order valence-electron chi connectivity index (χ1n) is 6.98. The Labute approximate surface area is 110 Å². The van der Waals surface area contributed by atoms with Gasteiger partial charge in [0.25, 0.3) is 0 Å². The van der Waals surface area contributed by atoms with Crippen molar-refractivity contribution in [1.82, 2.24) is 9.88 Å². The average Bonchev–Trinajstić information content (AvgIpc) is 2.50. The van der Waals surface area contributed by atoms with Crippen LogP contribution in [0.2, 0.25) is 0 Å². The first kappa shape index (κ1) is 13.3. The first-order chi connectivity index (χ1) is 8.55. The van der Waals surface area contributed by atoms with Crippen LogP contribution in [0.5, 0.6) is 0 Å². The van der Waals surface area contributed by atoms with Crippen LogP contribution in [-0.2, 0) is 6.42 Å². The lowest BCUT2D eigenvalue weighted by Crippen LogP contribution is -2.28. The van der Waals surface area contributed by atoms with Crippen molar-refractivity contribution in [2.24, 2.45) is 5.41 Å². The molecule has 0 spiro atoms. The van der Waals surface area contributed by atoms with Crippen LogP contribution in [0.1, 0.15) is 38.8 Å². The van der Waals surface area contributed by atoms with Gasteiger partial charge in [0.15, 0.2) is 0 Å². The Balaban J connectivity index is 1.81. The molecule has 1 saturated heterocycles. The second kappa shape index (κ2) is 5.70. The summed E-state index contributed by atoms with van der Waals surface area (Å²) in [5, 5.41) is 0. The molecule has 1 aromatic rings. The molecule has 1 aliphatic heterocycles. The van der Waals surface area contributed by atoms with Crippen molar-refractivity contribution in [1.29, 1.82) is 0 Å². The highest BCUT2D eigenvalue weighted by molar-refractivity contribution is 5.34. The number of anilines is 1. The molecule has 100 valence electrons. The van der Waals surface area contributed by atoms with Gasteiger partial charge in [-0.3, -0.25) is 4.98 Å². The van der Waals surface area contributed by atoms with Gasteiger partial charge < -0.3 is 10.6 Å². The standard InChI is InChI=1S/C15H25N3/c1-15(2)7-3-9-18(11-8-15)10-6-14-5-4-13(16)12-17-14/h4-5,12H,3,6-11,16H2,1-2H3. The molecule has 2 N–H and O–H groups in total. The number of aromatic nitrogens is 1. The van der Waals surface area contributed by atoms with Gasteiger partial charge in [-0.2, -0.15) is 0 Å². The maximum absolute atomic E-state index is 5.64. The summed E-state index contributed by atoms with van der Waals surface area (Å²) in [5.41, 5.74) is 8.06. The number of pyridine rings is 1. The van der Waals surface area contributed by atoms with Crippen molar-refractivity contribution in [2.45, 2.75) is 39.5 Å². The van der Waals surface area contributed by atoms with Crippen molar-refractivity contribution < 1.29 is 0 Å². The molecule has 0 atom stereocenters. The fourth-order valence-corrected chi connectivity index (χ4v) is 2.56. The zero-order valence-corrected chi connectivity index (χ0v) is 11.7. The highest BCUT2D eigenvalue weighted by Gasteiger charge is 2.22. The maximum atomic E-state index is 5.64. The molecule has 1 aliphatic rings. The summed E-state index contributed by atoms with van der Waals surface area (Å²) in [6.45, 7) is 8.35. The van der Waals surface area contributed by atoms with Crippen molar-refractivity contribution >= 4 is 5.69 Å². The Hall–Kier alpha value is -1.09. The molecule has 1 fully saturated rings. The largest absolute Gasteiger partial charge is 0.397 e. The summed E-state index contributed by atoms with van der Waals surface area (Å²) in [6.07, 6.45) is 6.76. The SMILES string of the molecule is CC1(C)CCCN(CCc2ccc(N)cn2)CC1. The van der Waals surface area contributed by atoms with Gasteiger partial charge in [0, 0.05) is 18.7 Å². The van der Waals surface area contributed by atoms with Crippen molar-refractivity contribution in [3.05, 3.63) is 24.0 Å². The molecule has 0 radical (unpaired) electrons. The van der Waals surface area contributed by atoms with E-state index >= 15 is 0 Å². The Morgan fingerprint density at radius 3 is 2.83 bits per heavy atom. The zero-order chi connectivity index (χ0) is 13.0. The Morgan fingerprint density at radius 1 is 1.28 bits per heavy atom. The second-order valence-corrected chi connectivity index (χ2v) is 6.19. The minimum Gasteiger partial charge on any atom is -0.397 e. The minimum atomic E-state index is 0.522. The summed E-state index contributed by atoms with van der Waals surface area (Å²) in [6, 6.07) is 3.98. The number of hydrogen-bond acceptors (Lipinski definition) is 3. The first-order valence-corrected chi connectivity index (χ1v) is 6.98. The minimum absolute atomic E-state index is 0.522. The molecule has 0 unspecified atom stereocenters. The lowest BCUT2D eigenvalue weighted by atomic mass is 9.85. The molecule has 0 saturated carbocycles. The van der Waals surface area contributed by atoms with Gasteiger partial charge in [-0.25, -0.2) is 0 Å². The van der Waals surface area contributed by atoms with E-state index in [2.05, 4.69) is 23.7 Å². The highest BCUT2D eigenvalue weighted by Crippen LogP contribution is 2.29. The van der Waals surface area contributed by atoms with Crippen molar-refractivity contribution in [3.8, 4) is 0 Å². The van der Waals surface area contributed by atoms with Crippen LogP contribution in [-0.4, -0.2) is 29.5 Å². The van der Waals surface area contributed by atoms with Crippen LogP contribution in [0.15, 0.2) is 18.3 Å². The fourth-order valence-electron chi connectivity index (χ4n) is 2.56. The van der Waals surface area contributed by atoms with Crippen LogP contribution >= 0.6 is 0 Å². The fraction of sp³-hybridized carbons (Fsp3) is 0.667. The Bertz CT molecular complexity index is 370. The smallest absolute Gasteiger partial charge is 0.0501 e. The number of nitrogen functional groups attached to an aromatic ring is 1. The molecule has 3 nitrogen and oxygen atoms in total. The predicted octanol–water partition coefficient (Wildman–Crippen LogP) is 2.72. The van der Waals surface area contributed by atoms with Crippen LogP contribution < -0.4 is 5.73 Å². The van der Waals surface area contributed by atoms with Crippen molar-refractivity contribution in [3.63, 3.8) is 0 Å². The highest BCUT2D eigenvalue weighted by atomic mass is 15.1. The van der Waals surface area contributed by atoms with E-state index in [-0.39, 0.29) is 0 Å². The van der Waals surface area contributed by atoms with E-state index in [1.54, 1.807) is 6.20 Å². The summed E-state index contributed by atoms with van der Waals surface area (Å²) in [5.74, 6) is 0. The van der Waals surface area contributed by atoms with E-state index < -0.39 is 0 Å². The molecule has 2 rings (SSSR count). The Morgan fingerprint density at radius 2 is 2.11 bits per heavy atom.